The van der Waals surface area contributed by atoms with Gasteiger partial charge >= 0.3 is 0 Å². The van der Waals surface area contributed by atoms with Crippen molar-refractivity contribution in [1.29, 1.82) is 0 Å². The minimum atomic E-state index is -0.755. The Labute approximate surface area is 148 Å². The summed E-state index contributed by atoms with van der Waals surface area (Å²) in [7, 11) is 3.13. The van der Waals surface area contributed by atoms with Gasteiger partial charge in [-0.25, -0.2) is 4.39 Å². The van der Waals surface area contributed by atoms with Gasteiger partial charge in [-0.2, -0.15) is 0 Å². The van der Waals surface area contributed by atoms with Gasteiger partial charge in [0.15, 0.2) is 11.5 Å². The second-order valence-corrected chi connectivity index (χ2v) is 6.29. The molecule has 0 saturated carbocycles. The molecule has 0 unspecified atom stereocenters. The summed E-state index contributed by atoms with van der Waals surface area (Å²) < 4.78 is 24.2. The van der Waals surface area contributed by atoms with Crippen molar-refractivity contribution in [2.75, 3.05) is 20.8 Å². The number of carbonyl (C=O) groups excluding carboxylic acids is 1. The summed E-state index contributed by atoms with van der Waals surface area (Å²) in [6.45, 7) is 4.05. The summed E-state index contributed by atoms with van der Waals surface area (Å²) >= 11 is 0. The molecule has 2 aromatic rings. The van der Waals surface area contributed by atoms with Crippen molar-refractivity contribution in [3.05, 3.63) is 59.4 Å². The van der Waals surface area contributed by atoms with E-state index in [1.54, 1.807) is 44.6 Å². The number of benzene rings is 2. The molecule has 4 nitrogen and oxygen atoms in total. The molecule has 0 saturated heterocycles. The van der Waals surface area contributed by atoms with Crippen molar-refractivity contribution in [3.63, 3.8) is 0 Å². The van der Waals surface area contributed by atoms with Crippen molar-refractivity contribution in [3.8, 4) is 11.5 Å². The average molecular weight is 345 g/mol. The van der Waals surface area contributed by atoms with E-state index in [9.17, 15) is 9.18 Å². The normalized spacial score (nSPS) is 11.1. The Morgan fingerprint density at radius 1 is 1.08 bits per heavy atom. The molecular weight excluding hydrogens is 321 g/mol. The number of halogens is 1. The highest BCUT2D eigenvalue weighted by Crippen LogP contribution is 2.33. The maximum absolute atomic E-state index is 13.6. The third kappa shape index (κ3) is 4.29. The summed E-state index contributed by atoms with van der Waals surface area (Å²) in [5, 5.41) is 2.89. The van der Waals surface area contributed by atoms with Crippen LogP contribution < -0.4 is 14.8 Å². The van der Waals surface area contributed by atoms with Crippen LogP contribution in [-0.4, -0.2) is 26.7 Å². The quantitative estimate of drug-likeness (QED) is 0.836. The summed E-state index contributed by atoms with van der Waals surface area (Å²) in [5.74, 6) is 0.807. The fourth-order valence-corrected chi connectivity index (χ4v) is 2.59. The van der Waals surface area contributed by atoms with Crippen molar-refractivity contribution in [2.24, 2.45) is 0 Å². The van der Waals surface area contributed by atoms with E-state index in [2.05, 4.69) is 5.32 Å². The van der Waals surface area contributed by atoms with Crippen LogP contribution >= 0.6 is 0 Å². The number of hydrogen-bond acceptors (Lipinski definition) is 3. The number of methoxy groups -OCH3 is 2. The number of amides is 1. The van der Waals surface area contributed by atoms with Crippen LogP contribution in [0.15, 0.2) is 42.5 Å². The minimum absolute atomic E-state index is 0.129. The van der Waals surface area contributed by atoms with Crippen molar-refractivity contribution in [1.82, 2.24) is 5.32 Å². The minimum Gasteiger partial charge on any atom is -0.493 e. The van der Waals surface area contributed by atoms with Crippen LogP contribution in [0.5, 0.6) is 11.5 Å². The third-order valence-electron chi connectivity index (χ3n) is 4.31. The molecule has 0 aromatic heterocycles. The predicted molar refractivity (Wildman–Crippen MR) is 95.7 cm³/mol. The van der Waals surface area contributed by atoms with Gasteiger partial charge in [0.05, 0.1) is 19.6 Å². The van der Waals surface area contributed by atoms with E-state index in [0.29, 0.717) is 30.0 Å². The van der Waals surface area contributed by atoms with Gasteiger partial charge in [-0.15, -0.1) is 0 Å². The second-order valence-electron chi connectivity index (χ2n) is 6.29. The van der Waals surface area contributed by atoms with E-state index in [-0.39, 0.29) is 11.7 Å². The molecule has 2 aromatic carbocycles. The zero-order valence-electron chi connectivity index (χ0n) is 15.1. The standard InChI is InChI=1S/C20H24FNO3/c1-20(2,15-9-10-17(24-3)18(13-15)25-4)19(23)22-12-11-14-7-5-6-8-16(14)21/h5-10,13H,11-12H2,1-4H3,(H,22,23). The lowest BCUT2D eigenvalue weighted by molar-refractivity contribution is -0.125. The molecule has 0 radical (unpaired) electrons. The van der Waals surface area contributed by atoms with Crippen LogP contribution in [0.2, 0.25) is 0 Å². The Hall–Kier alpha value is -2.56. The highest BCUT2D eigenvalue weighted by atomic mass is 19.1. The number of carbonyl (C=O) groups is 1. The number of rotatable bonds is 7. The van der Waals surface area contributed by atoms with Crippen molar-refractivity contribution < 1.29 is 18.7 Å². The van der Waals surface area contributed by atoms with E-state index in [4.69, 9.17) is 9.47 Å². The first-order valence-corrected chi connectivity index (χ1v) is 8.14. The zero-order chi connectivity index (χ0) is 18.4. The molecule has 0 fully saturated rings. The van der Waals surface area contributed by atoms with E-state index >= 15 is 0 Å². The Kier molecular flexibility index (Phi) is 6.02. The number of ether oxygens (including phenoxy) is 2. The monoisotopic (exact) mass is 345 g/mol. The topological polar surface area (TPSA) is 47.6 Å². The molecule has 0 aliphatic heterocycles. The molecule has 134 valence electrons. The van der Waals surface area contributed by atoms with Crippen LogP contribution in [0.25, 0.3) is 0 Å². The van der Waals surface area contributed by atoms with Crippen molar-refractivity contribution >= 4 is 5.91 Å². The SMILES string of the molecule is COc1ccc(C(C)(C)C(=O)NCCc2ccccc2F)cc1OC. The average Bonchev–Trinajstić information content (AvgIpc) is 2.62. The molecule has 0 bridgehead atoms. The molecule has 0 atom stereocenters. The van der Waals surface area contributed by atoms with Crippen LogP contribution in [0.4, 0.5) is 4.39 Å². The highest BCUT2D eigenvalue weighted by molar-refractivity contribution is 5.87. The molecule has 0 aliphatic carbocycles. The zero-order valence-corrected chi connectivity index (χ0v) is 15.1. The maximum Gasteiger partial charge on any atom is 0.230 e. The molecule has 2 rings (SSSR count). The fraction of sp³-hybridized carbons (Fsp3) is 0.350. The molecule has 1 amide bonds. The number of nitrogens with one attached hydrogen (secondary N) is 1. The van der Waals surface area contributed by atoms with Gasteiger partial charge in [0, 0.05) is 6.54 Å². The Morgan fingerprint density at radius 3 is 2.40 bits per heavy atom. The Morgan fingerprint density at radius 2 is 1.76 bits per heavy atom. The first kappa shape index (κ1) is 18.8. The van der Waals surface area contributed by atoms with Gasteiger partial charge in [-0.3, -0.25) is 4.79 Å². The predicted octanol–water partition coefficient (Wildman–Crippen LogP) is 3.48. The third-order valence-corrected chi connectivity index (χ3v) is 4.31. The van der Waals surface area contributed by atoms with Gasteiger partial charge in [-0.05, 0) is 49.6 Å². The maximum atomic E-state index is 13.6. The summed E-state index contributed by atoms with van der Waals surface area (Å²) in [5.41, 5.74) is 0.648. The Bertz CT molecular complexity index is 743. The molecular formula is C20H24FNO3. The Balaban J connectivity index is 2.05. The first-order valence-electron chi connectivity index (χ1n) is 8.14. The smallest absolute Gasteiger partial charge is 0.230 e. The van der Waals surface area contributed by atoms with E-state index in [0.717, 1.165) is 5.56 Å². The van der Waals surface area contributed by atoms with Crippen LogP contribution in [0.3, 0.4) is 0 Å². The summed E-state index contributed by atoms with van der Waals surface area (Å²) in [6, 6.07) is 12.0. The van der Waals surface area contributed by atoms with Gasteiger partial charge < -0.3 is 14.8 Å². The molecule has 25 heavy (non-hydrogen) atoms. The first-order chi connectivity index (χ1) is 11.9. The van der Waals surface area contributed by atoms with E-state index in [1.165, 1.54) is 6.07 Å². The molecule has 0 aliphatic rings. The fourth-order valence-electron chi connectivity index (χ4n) is 2.59. The van der Waals surface area contributed by atoms with Gasteiger partial charge in [0.25, 0.3) is 0 Å². The lowest BCUT2D eigenvalue weighted by atomic mass is 9.83. The van der Waals surface area contributed by atoms with Crippen LogP contribution in [0, 0.1) is 5.82 Å². The second kappa shape index (κ2) is 8.01. The largest absolute Gasteiger partial charge is 0.493 e. The van der Waals surface area contributed by atoms with Crippen LogP contribution in [-0.2, 0) is 16.6 Å². The van der Waals surface area contributed by atoms with Gasteiger partial charge in [0.1, 0.15) is 5.82 Å². The summed E-state index contributed by atoms with van der Waals surface area (Å²) in [4.78, 5) is 12.6. The lowest BCUT2D eigenvalue weighted by Crippen LogP contribution is -2.41. The van der Waals surface area contributed by atoms with Gasteiger partial charge in [-0.1, -0.05) is 24.3 Å². The molecule has 5 heteroatoms. The lowest BCUT2D eigenvalue weighted by Gasteiger charge is -2.25. The molecule has 0 heterocycles. The van der Waals surface area contributed by atoms with Gasteiger partial charge in [0.2, 0.25) is 5.91 Å². The summed E-state index contributed by atoms with van der Waals surface area (Å²) in [6.07, 6.45) is 0.445. The van der Waals surface area contributed by atoms with Crippen molar-refractivity contribution in [2.45, 2.75) is 25.7 Å². The molecule has 1 N–H and O–H groups in total. The van der Waals surface area contributed by atoms with E-state index in [1.807, 2.05) is 19.9 Å². The van der Waals surface area contributed by atoms with E-state index < -0.39 is 5.41 Å². The van der Waals surface area contributed by atoms with Crippen LogP contribution in [0.1, 0.15) is 25.0 Å². The highest BCUT2D eigenvalue weighted by Gasteiger charge is 2.30. The number of hydrogen-bond donors (Lipinski definition) is 1. The molecule has 0 spiro atoms.